The minimum atomic E-state index is -0.620. The Morgan fingerprint density at radius 2 is 2.06 bits per heavy atom. The highest BCUT2D eigenvalue weighted by atomic mass is 32.2. The third-order valence-electron chi connectivity index (χ3n) is 3.53. The molecule has 1 fully saturated rings. The number of aliphatic hydroxyl groups is 1. The summed E-state index contributed by atoms with van der Waals surface area (Å²) >= 11 is 1.88. The van der Waals surface area contributed by atoms with Gasteiger partial charge in [0, 0.05) is 18.2 Å². The van der Waals surface area contributed by atoms with E-state index in [9.17, 15) is 9.50 Å². The van der Waals surface area contributed by atoms with Crippen molar-refractivity contribution in [1.29, 1.82) is 0 Å². The Morgan fingerprint density at radius 1 is 1.39 bits per heavy atom. The average Bonchev–Trinajstić information content (AvgIpc) is 2.38. The Bertz CT molecular complexity index is 393. The van der Waals surface area contributed by atoms with Crippen molar-refractivity contribution < 1.29 is 9.50 Å². The molecule has 0 amide bonds. The van der Waals surface area contributed by atoms with Crippen molar-refractivity contribution in [1.82, 2.24) is 5.32 Å². The van der Waals surface area contributed by atoms with Crippen molar-refractivity contribution >= 4 is 11.8 Å². The van der Waals surface area contributed by atoms with E-state index >= 15 is 0 Å². The number of hydrogen-bond donors (Lipinski definition) is 2. The first-order valence-corrected chi connectivity index (χ1v) is 7.54. The number of thioether (sulfide) groups is 1. The van der Waals surface area contributed by atoms with Crippen LogP contribution in [0.3, 0.4) is 0 Å². The normalized spacial score (nSPS) is 20.6. The van der Waals surface area contributed by atoms with Gasteiger partial charge in [-0.3, -0.25) is 0 Å². The zero-order valence-corrected chi connectivity index (χ0v) is 11.5. The fourth-order valence-electron chi connectivity index (χ4n) is 2.21. The van der Waals surface area contributed by atoms with E-state index in [1.54, 1.807) is 12.1 Å². The van der Waals surface area contributed by atoms with E-state index in [-0.39, 0.29) is 11.9 Å². The van der Waals surface area contributed by atoms with Crippen molar-refractivity contribution in [2.45, 2.75) is 31.4 Å². The lowest BCUT2D eigenvalue weighted by atomic mass is 9.96. The van der Waals surface area contributed by atoms with E-state index < -0.39 is 5.60 Å². The third kappa shape index (κ3) is 3.46. The monoisotopic (exact) mass is 269 g/mol. The van der Waals surface area contributed by atoms with Gasteiger partial charge in [0.25, 0.3) is 0 Å². The second-order valence-corrected chi connectivity index (χ2v) is 6.19. The summed E-state index contributed by atoms with van der Waals surface area (Å²) in [5.41, 5.74) is 0.0383. The Hall–Kier alpha value is -0.580. The van der Waals surface area contributed by atoms with Gasteiger partial charge < -0.3 is 10.4 Å². The first-order chi connectivity index (χ1) is 8.61. The van der Waals surface area contributed by atoms with Gasteiger partial charge in [-0.05, 0) is 37.3 Å². The van der Waals surface area contributed by atoms with Crippen molar-refractivity contribution in [3.05, 3.63) is 35.6 Å². The molecule has 100 valence electrons. The Morgan fingerprint density at radius 3 is 2.72 bits per heavy atom. The second kappa shape index (κ2) is 6.04. The standard InChI is InChI=1S/C14H20FNOS/c1-11(12-4-2-3-5-13(12)15)16-10-14(17)6-8-18-9-7-14/h2-5,11,16-17H,6-10H2,1H3. The SMILES string of the molecule is CC(NCC1(O)CCSCC1)c1ccccc1F. The summed E-state index contributed by atoms with van der Waals surface area (Å²) in [5, 5.41) is 13.6. The van der Waals surface area contributed by atoms with Crippen LogP contribution in [0.4, 0.5) is 4.39 Å². The van der Waals surface area contributed by atoms with Crippen LogP contribution in [0.25, 0.3) is 0 Å². The fourth-order valence-corrected chi connectivity index (χ4v) is 3.46. The van der Waals surface area contributed by atoms with Crippen LogP contribution in [-0.2, 0) is 0 Å². The van der Waals surface area contributed by atoms with Gasteiger partial charge >= 0.3 is 0 Å². The van der Waals surface area contributed by atoms with Crippen LogP contribution >= 0.6 is 11.8 Å². The van der Waals surface area contributed by atoms with Crippen molar-refractivity contribution in [2.24, 2.45) is 0 Å². The van der Waals surface area contributed by atoms with Gasteiger partial charge in [0.15, 0.2) is 0 Å². The molecule has 0 radical (unpaired) electrons. The van der Waals surface area contributed by atoms with E-state index in [1.807, 2.05) is 24.8 Å². The van der Waals surface area contributed by atoms with Gasteiger partial charge in [0.1, 0.15) is 5.82 Å². The summed E-state index contributed by atoms with van der Waals surface area (Å²) < 4.78 is 13.6. The molecule has 2 nitrogen and oxygen atoms in total. The zero-order chi connectivity index (χ0) is 13.0. The zero-order valence-electron chi connectivity index (χ0n) is 10.7. The highest BCUT2D eigenvalue weighted by molar-refractivity contribution is 7.99. The summed E-state index contributed by atoms with van der Waals surface area (Å²) in [4.78, 5) is 0. The van der Waals surface area contributed by atoms with Crippen molar-refractivity contribution in [3.8, 4) is 0 Å². The molecule has 1 atom stereocenters. The third-order valence-corrected chi connectivity index (χ3v) is 4.52. The van der Waals surface area contributed by atoms with Crippen molar-refractivity contribution in [2.75, 3.05) is 18.1 Å². The smallest absolute Gasteiger partial charge is 0.127 e. The summed E-state index contributed by atoms with van der Waals surface area (Å²) in [6, 6.07) is 6.71. The minimum Gasteiger partial charge on any atom is -0.389 e. The highest BCUT2D eigenvalue weighted by Gasteiger charge is 2.29. The number of benzene rings is 1. The maximum Gasteiger partial charge on any atom is 0.127 e. The Balaban J connectivity index is 1.92. The molecule has 0 aromatic heterocycles. The van der Waals surface area contributed by atoms with Gasteiger partial charge in [0.2, 0.25) is 0 Å². The fraction of sp³-hybridized carbons (Fsp3) is 0.571. The molecule has 1 unspecified atom stereocenters. The number of rotatable bonds is 4. The van der Waals surface area contributed by atoms with Gasteiger partial charge in [-0.15, -0.1) is 0 Å². The molecule has 0 bridgehead atoms. The largest absolute Gasteiger partial charge is 0.389 e. The minimum absolute atomic E-state index is 0.0789. The summed E-state index contributed by atoms with van der Waals surface area (Å²) in [6.45, 7) is 2.46. The van der Waals surface area contributed by atoms with Crippen LogP contribution in [0.2, 0.25) is 0 Å². The number of halogens is 1. The second-order valence-electron chi connectivity index (χ2n) is 4.96. The topological polar surface area (TPSA) is 32.3 Å². The van der Waals surface area contributed by atoms with Crippen LogP contribution in [0.1, 0.15) is 31.4 Å². The molecule has 0 spiro atoms. The first kappa shape index (κ1) is 13.8. The average molecular weight is 269 g/mol. The van der Waals surface area contributed by atoms with E-state index in [0.29, 0.717) is 12.1 Å². The number of hydrogen-bond acceptors (Lipinski definition) is 3. The molecule has 18 heavy (non-hydrogen) atoms. The van der Waals surface area contributed by atoms with Gasteiger partial charge in [-0.1, -0.05) is 18.2 Å². The van der Waals surface area contributed by atoms with E-state index in [4.69, 9.17) is 0 Å². The lowest BCUT2D eigenvalue weighted by molar-refractivity contribution is 0.0299. The molecule has 1 saturated heterocycles. The maximum absolute atomic E-state index is 13.6. The molecule has 1 aliphatic rings. The molecular weight excluding hydrogens is 249 g/mol. The van der Waals surface area contributed by atoms with Gasteiger partial charge in [0.05, 0.1) is 5.60 Å². The molecule has 1 heterocycles. The molecule has 1 aromatic rings. The lowest BCUT2D eigenvalue weighted by Crippen LogP contribution is -2.44. The molecule has 2 N–H and O–H groups in total. The highest BCUT2D eigenvalue weighted by Crippen LogP contribution is 2.27. The summed E-state index contributed by atoms with van der Waals surface area (Å²) in [7, 11) is 0. The molecular formula is C14H20FNOS. The van der Waals surface area contributed by atoms with Crippen LogP contribution in [0.15, 0.2) is 24.3 Å². The van der Waals surface area contributed by atoms with E-state index in [2.05, 4.69) is 5.32 Å². The van der Waals surface area contributed by atoms with E-state index in [0.717, 1.165) is 24.3 Å². The summed E-state index contributed by atoms with van der Waals surface area (Å²) in [5.74, 6) is 1.82. The van der Waals surface area contributed by atoms with Gasteiger partial charge in [-0.25, -0.2) is 4.39 Å². The van der Waals surface area contributed by atoms with Crippen LogP contribution in [0, 0.1) is 5.82 Å². The van der Waals surface area contributed by atoms with Crippen molar-refractivity contribution in [3.63, 3.8) is 0 Å². The molecule has 1 aliphatic heterocycles. The lowest BCUT2D eigenvalue weighted by Gasteiger charge is -2.33. The number of nitrogens with one attached hydrogen (secondary N) is 1. The molecule has 4 heteroatoms. The molecule has 1 aromatic carbocycles. The Kier molecular flexibility index (Phi) is 4.65. The van der Waals surface area contributed by atoms with Crippen LogP contribution in [0.5, 0.6) is 0 Å². The predicted molar refractivity (Wildman–Crippen MR) is 74.3 cm³/mol. The predicted octanol–water partition coefficient (Wildman–Crippen LogP) is 2.73. The first-order valence-electron chi connectivity index (χ1n) is 6.39. The van der Waals surface area contributed by atoms with Crippen LogP contribution < -0.4 is 5.32 Å². The molecule has 2 rings (SSSR count). The quantitative estimate of drug-likeness (QED) is 0.881. The molecule has 0 saturated carbocycles. The van der Waals surface area contributed by atoms with Gasteiger partial charge in [-0.2, -0.15) is 11.8 Å². The summed E-state index contributed by atoms with van der Waals surface area (Å²) in [6.07, 6.45) is 1.63. The van der Waals surface area contributed by atoms with Crippen LogP contribution in [-0.4, -0.2) is 28.8 Å². The Labute approximate surface area is 112 Å². The maximum atomic E-state index is 13.6. The van der Waals surface area contributed by atoms with E-state index in [1.165, 1.54) is 6.07 Å². The molecule has 0 aliphatic carbocycles.